The SMILES string of the molecule is Cc1n[nH]c(C)c1N1CCN(C(=O)c2cc(Cl)ccc2Cl)CC1. The summed E-state index contributed by atoms with van der Waals surface area (Å²) in [4.78, 5) is 16.7. The molecule has 0 bridgehead atoms. The highest BCUT2D eigenvalue weighted by atomic mass is 35.5. The first-order valence-electron chi connectivity index (χ1n) is 7.48. The Labute approximate surface area is 145 Å². The van der Waals surface area contributed by atoms with Gasteiger partial charge >= 0.3 is 0 Å². The van der Waals surface area contributed by atoms with Gasteiger partial charge < -0.3 is 9.80 Å². The molecule has 1 amide bonds. The number of piperazine rings is 1. The molecule has 7 heteroatoms. The van der Waals surface area contributed by atoms with Crippen molar-refractivity contribution in [3.8, 4) is 0 Å². The molecular weight excluding hydrogens is 335 g/mol. The summed E-state index contributed by atoms with van der Waals surface area (Å²) < 4.78 is 0. The van der Waals surface area contributed by atoms with Gasteiger partial charge in [0.15, 0.2) is 0 Å². The van der Waals surface area contributed by atoms with Gasteiger partial charge in [-0.25, -0.2) is 0 Å². The maximum atomic E-state index is 12.6. The van der Waals surface area contributed by atoms with E-state index in [0.717, 1.165) is 30.2 Å². The van der Waals surface area contributed by atoms with Crippen molar-refractivity contribution in [2.24, 2.45) is 0 Å². The smallest absolute Gasteiger partial charge is 0.255 e. The molecule has 23 heavy (non-hydrogen) atoms. The number of carbonyl (C=O) groups is 1. The summed E-state index contributed by atoms with van der Waals surface area (Å²) in [5.74, 6) is -0.0715. The molecule has 0 saturated carbocycles. The number of nitrogens with zero attached hydrogens (tertiary/aromatic N) is 3. The third kappa shape index (κ3) is 3.16. The van der Waals surface area contributed by atoms with Crippen LogP contribution in [0, 0.1) is 13.8 Å². The zero-order valence-corrected chi connectivity index (χ0v) is 14.6. The zero-order valence-electron chi connectivity index (χ0n) is 13.1. The van der Waals surface area contributed by atoms with Crippen molar-refractivity contribution in [2.75, 3.05) is 31.1 Å². The fourth-order valence-corrected chi connectivity index (χ4v) is 3.35. The number of rotatable bonds is 2. The molecule has 5 nitrogen and oxygen atoms in total. The maximum absolute atomic E-state index is 12.6. The van der Waals surface area contributed by atoms with E-state index in [2.05, 4.69) is 15.1 Å². The van der Waals surface area contributed by atoms with Gasteiger partial charge in [0.05, 0.1) is 27.7 Å². The van der Waals surface area contributed by atoms with E-state index in [0.29, 0.717) is 28.7 Å². The number of H-pyrrole nitrogens is 1. The Morgan fingerprint density at radius 1 is 1.17 bits per heavy atom. The molecule has 122 valence electrons. The van der Waals surface area contributed by atoms with Gasteiger partial charge in [0, 0.05) is 31.2 Å². The average Bonchev–Trinajstić information content (AvgIpc) is 2.88. The molecule has 1 aliphatic heterocycles. The molecule has 0 atom stereocenters. The summed E-state index contributed by atoms with van der Waals surface area (Å²) in [6.45, 7) is 6.83. The largest absolute Gasteiger partial charge is 0.365 e. The summed E-state index contributed by atoms with van der Waals surface area (Å²) in [7, 11) is 0. The maximum Gasteiger partial charge on any atom is 0.255 e. The Hall–Kier alpha value is -1.72. The van der Waals surface area contributed by atoms with Crippen molar-refractivity contribution in [3.63, 3.8) is 0 Å². The molecule has 0 aliphatic carbocycles. The molecule has 1 N–H and O–H groups in total. The van der Waals surface area contributed by atoms with Crippen LogP contribution < -0.4 is 4.90 Å². The van der Waals surface area contributed by atoms with Crippen LogP contribution in [-0.2, 0) is 0 Å². The molecule has 1 fully saturated rings. The molecular formula is C16H18Cl2N4O. The van der Waals surface area contributed by atoms with Crippen molar-refractivity contribution >= 4 is 34.8 Å². The van der Waals surface area contributed by atoms with Gasteiger partial charge in [-0.05, 0) is 32.0 Å². The van der Waals surface area contributed by atoms with Crippen LogP contribution in [0.2, 0.25) is 10.0 Å². The monoisotopic (exact) mass is 352 g/mol. The number of aryl methyl sites for hydroxylation is 2. The lowest BCUT2D eigenvalue weighted by Crippen LogP contribution is -2.49. The van der Waals surface area contributed by atoms with Gasteiger partial charge in [-0.1, -0.05) is 23.2 Å². The second-order valence-electron chi connectivity index (χ2n) is 5.69. The lowest BCUT2D eigenvalue weighted by Gasteiger charge is -2.36. The Morgan fingerprint density at radius 2 is 1.87 bits per heavy atom. The Kier molecular flexibility index (Phi) is 4.50. The molecule has 2 aromatic rings. The predicted molar refractivity (Wildman–Crippen MR) is 92.6 cm³/mol. The van der Waals surface area contributed by atoms with E-state index in [-0.39, 0.29) is 5.91 Å². The first kappa shape index (κ1) is 16.1. The standard InChI is InChI=1S/C16H18Cl2N4O/c1-10-15(11(2)20-19-10)21-5-7-22(8-6-21)16(23)13-9-12(17)3-4-14(13)18/h3-4,9H,5-8H2,1-2H3,(H,19,20). The average molecular weight is 353 g/mol. The Morgan fingerprint density at radius 3 is 2.48 bits per heavy atom. The molecule has 3 rings (SSSR count). The fourth-order valence-electron chi connectivity index (χ4n) is 2.98. The number of anilines is 1. The molecule has 0 unspecified atom stereocenters. The zero-order chi connectivity index (χ0) is 16.6. The van der Waals surface area contributed by atoms with Gasteiger partial charge in [-0.15, -0.1) is 0 Å². The van der Waals surface area contributed by atoms with Crippen LogP contribution in [0.3, 0.4) is 0 Å². The van der Waals surface area contributed by atoms with Crippen LogP contribution in [0.5, 0.6) is 0 Å². The van der Waals surface area contributed by atoms with Crippen molar-refractivity contribution < 1.29 is 4.79 Å². The molecule has 1 aliphatic rings. The van der Waals surface area contributed by atoms with Gasteiger partial charge in [0.2, 0.25) is 0 Å². The van der Waals surface area contributed by atoms with Crippen molar-refractivity contribution in [1.82, 2.24) is 15.1 Å². The molecule has 2 heterocycles. The van der Waals surface area contributed by atoms with Crippen LogP contribution in [-0.4, -0.2) is 47.2 Å². The summed E-state index contributed by atoms with van der Waals surface area (Å²) in [6, 6.07) is 4.97. The number of nitrogens with one attached hydrogen (secondary N) is 1. The van der Waals surface area contributed by atoms with Crippen LogP contribution in [0.15, 0.2) is 18.2 Å². The van der Waals surface area contributed by atoms with Crippen molar-refractivity contribution in [2.45, 2.75) is 13.8 Å². The van der Waals surface area contributed by atoms with E-state index >= 15 is 0 Å². The molecule has 1 saturated heterocycles. The Bertz CT molecular complexity index is 716. The van der Waals surface area contributed by atoms with Gasteiger partial charge in [-0.2, -0.15) is 5.10 Å². The Balaban J connectivity index is 1.72. The fraction of sp³-hybridized carbons (Fsp3) is 0.375. The van der Waals surface area contributed by atoms with Gasteiger partial charge in [-0.3, -0.25) is 9.89 Å². The minimum Gasteiger partial charge on any atom is -0.365 e. The van der Waals surface area contributed by atoms with Crippen LogP contribution in [0.25, 0.3) is 0 Å². The van der Waals surface area contributed by atoms with E-state index in [1.807, 2.05) is 18.7 Å². The normalized spacial score (nSPS) is 15.1. The number of aromatic amines is 1. The molecule has 1 aromatic carbocycles. The first-order chi connectivity index (χ1) is 11.0. The predicted octanol–water partition coefficient (Wildman–Crippen LogP) is 3.30. The number of aromatic nitrogens is 2. The summed E-state index contributed by atoms with van der Waals surface area (Å²) in [5, 5.41) is 8.19. The number of halogens is 2. The van der Waals surface area contributed by atoms with E-state index in [4.69, 9.17) is 23.2 Å². The number of carbonyl (C=O) groups excluding carboxylic acids is 1. The third-order valence-electron chi connectivity index (χ3n) is 4.13. The first-order valence-corrected chi connectivity index (χ1v) is 8.24. The molecule has 0 spiro atoms. The van der Waals surface area contributed by atoms with E-state index in [9.17, 15) is 4.79 Å². The third-order valence-corrected chi connectivity index (χ3v) is 4.70. The number of amides is 1. The molecule has 1 aromatic heterocycles. The second-order valence-corrected chi connectivity index (χ2v) is 6.53. The van der Waals surface area contributed by atoms with E-state index in [1.165, 1.54) is 0 Å². The van der Waals surface area contributed by atoms with Crippen molar-refractivity contribution in [1.29, 1.82) is 0 Å². The van der Waals surface area contributed by atoms with E-state index < -0.39 is 0 Å². The molecule has 0 radical (unpaired) electrons. The second kappa shape index (κ2) is 6.42. The summed E-state index contributed by atoms with van der Waals surface area (Å²) in [5.41, 5.74) is 3.64. The minimum atomic E-state index is -0.0715. The van der Waals surface area contributed by atoms with Crippen molar-refractivity contribution in [3.05, 3.63) is 45.2 Å². The number of hydrogen-bond acceptors (Lipinski definition) is 3. The van der Waals surface area contributed by atoms with Gasteiger partial charge in [0.1, 0.15) is 0 Å². The van der Waals surface area contributed by atoms with Crippen LogP contribution >= 0.6 is 23.2 Å². The lowest BCUT2D eigenvalue weighted by molar-refractivity contribution is 0.0747. The highest BCUT2D eigenvalue weighted by Gasteiger charge is 2.25. The van der Waals surface area contributed by atoms with Crippen LogP contribution in [0.4, 0.5) is 5.69 Å². The number of hydrogen-bond donors (Lipinski definition) is 1. The topological polar surface area (TPSA) is 52.2 Å². The van der Waals surface area contributed by atoms with Gasteiger partial charge in [0.25, 0.3) is 5.91 Å². The highest BCUT2D eigenvalue weighted by molar-refractivity contribution is 6.35. The van der Waals surface area contributed by atoms with E-state index in [1.54, 1.807) is 18.2 Å². The van der Waals surface area contributed by atoms with Crippen LogP contribution in [0.1, 0.15) is 21.7 Å². The summed E-state index contributed by atoms with van der Waals surface area (Å²) in [6.07, 6.45) is 0. The quantitative estimate of drug-likeness (QED) is 0.901. The summed E-state index contributed by atoms with van der Waals surface area (Å²) >= 11 is 12.1. The lowest BCUT2D eigenvalue weighted by atomic mass is 10.1. The highest BCUT2D eigenvalue weighted by Crippen LogP contribution is 2.25. The minimum absolute atomic E-state index is 0.0715. The number of benzene rings is 1.